The Labute approximate surface area is 94.9 Å². The smallest absolute Gasteiger partial charge is 0.115 e. The lowest BCUT2D eigenvalue weighted by molar-refractivity contribution is 0.0181. The fourth-order valence-electron chi connectivity index (χ4n) is 2.00. The first kappa shape index (κ1) is 11.0. The number of nitrogens with one attached hydrogen (secondary N) is 1. The summed E-state index contributed by atoms with van der Waals surface area (Å²) in [6.07, 6.45) is 5.29. The number of nitrogens with zero attached hydrogens (tertiary/aromatic N) is 1. The lowest BCUT2D eigenvalue weighted by atomic mass is 9.93. The van der Waals surface area contributed by atoms with Crippen molar-refractivity contribution < 1.29 is 4.74 Å². The molecule has 1 aromatic rings. The fraction of sp³-hybridized carbons (Fsp3) is 0.727. The molecule has 1 aromatic heterocycles. The molecular weight excluding hydrogens is 208 g/mol. The molecule has 3 nitrogen and oxygen atoms in total. The molecule has 2 rings (SSSR count). The molecule has 1 N–H and O–H groups in total. The first-order valence-electron chi connectivity index (χ1n) is 5.60. The Morgan fingerprint density at radius 3 is 3.20 bits per heavy atom. The normalized spacial score (nSPS) is 26.7. The van der Waals surface area contributed by atoms with Gasteiger partial charge in [0.05, 0.1) is 12.1 Å². The molecule has 0 aliphatic carbocycles. The molecule has 1 fully saturated rings. The van der Waals surface area contributed by atoms with Crippen LogP contribution in [0.2, 0.25) is 0 Å². The van der Waals surface area contributed by atoms with Gasteiger partial charge >= 0.3 is 0 Å². The second-order valence-electron chi connectivity index (χ2n) is 4.00. The lowest BCUT2D eigenvalue weighted by Crippen LogP contribution is -2.49. The van der Waals surface area contributed by atoms with Gasteiger partial charge in [0.2, 0.25) is 0 Å². The largest absolute Gasteiger partial charge is 0.379 e. The van der Waals surface area contributed by atoms with Crippen LogP contribution in [0.15, 0.2) is 11.6 Å². The van der Waals surface area contributed by atoms with Crippen LogP contribution in [0.1, 0.15) is 31.2 Å². The minimum atomic E-state index is -0.0115. The van der Waals surface area contributed by atoms with Crippen LogP contribution in [0.3, 0.4) is 0 Å². The van der Waals surface area contributed by atoms with E-state index in [1.165, 1.54) is 5.01 Å². The van der Waals surface area contributed by atoms with E-state index in [0.717, 1.165) is 39.0 Å². The average Bonchev–Trinajstić information content (AvgIpc) is 2.82. The molecule has 1 saturated heterocycles. The molecule has 0 radical (unpaired) electrons. The monoisotopic (exact) mass is 226 g/mol. The third-order valence-electron chi connectivity index (χ3n) is 2.80. The van der Waals surface area contributed by atoms with Gasteiger partial charge < -0.3 is 10.1 Å². The molecule has 0 aromatic carbocycles. The predicted octanol–water partition coefficient (Wildman–Crippen LogP) is 2.15. The van der Waals surface area contributed by atoms with Crippen molar-refractivity contribution in [2.75, 3.05) is 19.8 Å². The topological polar surface area (TPSA) is 34.2 Å². The zero-order valence-corrected chi connectivity index (χ0v) is 9.98. The van der Waals surface area contributed by atoms with Gasteiger partial charge in [-0.1, -0.05) is 6.92 Å². The number of rotatable bonds is 4. The van der Waals surface area contributed by atoms with E-state index in [2.05, 4.69) is 17.2 Å². The minimum Gasteiger partial charge on any atom is -0.379 e. The first-order valence-corrected chi connectivity index (χ1v) is 6.48. The van der Waals surface area contributed by atoms with Crippen LogP contribution in [-0.2, 0) is 10.3 Å². The molecule has 4 heteroatoms. The number of hydrogen-bond donors (Lipinski definition) is 1. The van der Waals surface area contributed by atoms with Crippen molar-refractivity contribution in [1.29, 1.82) is 0 Å². The highest BCUT2D eigenvalue weighted by Crippen LogP contribution is 2.31. The van der Waals surface area contributed by atoms with Gasteiger partial charge in [-0.05, 0) is 25.8 Å². The Hall–Kier alpha value is -0.450. The summed E-state index contributed by atoms with van der Waals surface area (Å²) in [5.74, 6) is 0. The molecular formula is C11H18N2OS. The molecule has 1 atom stereocenters. The van der Waals surface area contributed by atoms with Crippen LogP contribution < -0.4 is 5.32 Å². The molecule has 1 unspecified atom stereocenters. The minimum absolute atomic E-state index is 0.0115. The molecule has 2 heterocycles. The Balaban J connectivity index is 2.14. The van der Waals surface area contributed by atoms with Crippen LogP contribution in [0.4, 0.5) is 0 Å². The molecule has 0 saturated carbocycles. The summed E-state index contributed by atoms with van der Waals surface area (Å²) in [5, 5.41) is 6.83. The quantitative estimate of drug-likeness (QED) is 0.854. The van der Waals surface area contributed by atoms with Crippen LogP contribution in [-0.4, -0.2) is 24.7 Å². The summed E-state index contributed by atoms with van der Waals surface area (Å²) in [6, 6.07) is 0. The summed E-state index contributed by atoms with van der Waals surface area (Å²) < 4.78 is 5.61. The first-order chi connectivity index (χ1) is 7.37. The highest BCUT2D eigenvalue weighted by molar-refractivity contribution is 7.09. The molecule has 1 aliphatic rings. The van der Waals surface area contributed by atoms with Crippen LogP contribution >= 0.6 is 11.3 Å². The Morgan fingerprint density at radius 2 is 2.60 bits per heavy atom. The number of ether oxygens (including phenoxy) is 1. The van der Waals surface area contributed by atoms with Gasteiger partial charge in [-0.2, -0.15) is 0 Å². The highest BCUT2D eigenvalue weighted by atomic mass is 32.1. The standard InChI is InChI=1S/C11H18N2OS/c1-2-5-13-11(4-3-7-14-9-11)10-12-6-8-15-10/h6,8,13H,2-5,7,9H2,1H3. The predicted molar refractivity (Wildman–Crippen MR) is 62.1 cm³/mol. The van der Waals surface area contributed by atoms with Crippen LogP contribution in [0.5, 0.6) is 0 Å². The average molecular weight is 226 g/mol. The van der Waals surface area contributed by atoms with E-state index >= 15 is 0 Å². The third-order valence-corrected chi connectivity index (χ3v) is 3.77. The van der Waals surface area contributed by atoms with E-state index < -0.39 is 0 Å². The maximum atomic E-state index is 5.61. The fourth-order valence-corrected chi connectivity index (χ4v) is 2.83. The SMILES string of the molecule is CCCNC1(c2nccs2)CCCOC1. The van der Waals surface area contributed by atoms with Crippen molar-refractivity contribution in [3.8, 4) is 0 Å². The third kappa shape index (κ3) is 2.38. The van der Waals surface area contributed by atoms with E-state index in [4.69, 9.17) is 4.74 Å². The molecule has 84 valence electrons. The molecule has 15 heavy (non-hydrogen) atoms. The Bertz CT molecular complexity index is 281. The van der Waals surface area contributed by atoms with Gasteiger partial charge in [0.25, 0.3) is 0 Å². The van der Waals surface area contributed by atoms with E-state index in [1.807, 2.05) is 11.6 Å². The summed E-state index contributed by atoms with van der Waals surface area (Å²) >= 11 is 1.73. The molecule has 0 amide bonds. The molecule has 1 aliphatic heterocycles. The number of aromatic nitrogens is 1. The zero-order valence-electron chi connectivity index (χ0n) is 9.16. The highest BCUT2D eigenvalue weighted by Gasteiger charge is 2.36. The van der Waals surface area contributed by atoms with E-state index in [0.29, 0.717) is 0 Å². The maximum absolute atomic E-state index is 5.61. The molecule has 0 spiro atoms. The zero-order chi connectivity index (χ0) is 10.6. The summed E-state index contributed by atoms with van der Waals surface area (Å²) in [4.78, 5) is 4.44. The Morgan fingerprint density at radius 1 is 1.67 bits per heavy atom. The number of thiazole rings is 1. The Kier molecular flexibility index (Phi) is 3.72. The van der Waals surface area contributed by atoms with Crippen LogP contribution in [0.25, 0.3) is 0 Å². The van der Waals surface area contributed by atoms with Crippen molar-refractivity contribution in [1.82, 2.24) is 10.3 Å². The van der Waals surface area contributed by atoms with Crippen molar-refractivity contribution in [3.05, 3.63) is 16.6 Å². The van der Waals surface area contributed by atoms with Gasteiger partial charge in [-0.25, -0.2) is 4.98 Å². The summed E-state index contributed by atoms with van der Waals surface area (Å²) in [5.41, 5.74) is -0.0115. The van der Waals surface area contributed by atoms with E-state index in [-0.39, 0.29) is 5.54 Å². The van der Waals surface area contributed by atoms with Crippen molar-refractivity contribution >= 4 is 11.3 Å². The lowest BCUT2D eigenvalue weighted by Gasteiger charge is -2.36. The maximum Gasteiger partial charge on any atom is 0.115 e. The number of hydrogen-bond acceptors (Lipinski definition) is 4. The van der Waals surface area contributed by atoms with Crippen molar-refractivity contribution in [2.45, 2.75) is 31.7 Å². The van der Waals surface area contributed by atoms with Gasteiger partial charge in [0, 0.05) is 18.2 Å². The van der Waals surface area contributed by atoms with Gasteiger partial charge in [-0.3, -0.25) is 0 Å². The summed E-state index contributed by atoms with van der Waals surface area (Å²) in [7, 11) is 0. The summed E-state index contributed by atoms with van der Waals surface area (Å²) in [6.45, 7) is 4.87. The van der Waals surface area contributed by atoms with Gasteiger partial charge in [0.15, 0.2) is 0 Å². The van der Waals surface area contributed by atoms with Gasteiger partial charge in [-0.15, -0.1) is 11.3 Å². The van der Waals surface area contributed by atoms with Gasteiger partial charge in [0.1, 0.15) is 5.01 Å². The second-order valence-corrected chi connectivity index (χ2v) is 4.90. The van der Waals surface area contributed by atoms with Crippen LogP contribution in [0, 0.1) is 0 Å². The van der Waals surface area contributed by atoms with Crippen molar-refractivity contribution in [3.63, 3.8) is 0 Å². The van der Waals surface area contributed by atoms with Crippen molar-refractivity contribution in [2.24, 2.45) is 0 Å². The second kappa shape index (κ2) is 5.05. The van der Waals surface area contributed by atoms with E-state index in [1.54, 1.807) is 11.3 Å². The van der Waals surface area contributed by atoms with E-state index in [9.17, 15) is 0 Å². The molecule has 0 bridgehead atoms.